The van der Waals surface area contributed by atoms with Gasteiger partial charge in [-0.2, -0.15) is 0 Å². The lowest BCUT2D eigenvalue weighted by Crippen LogP contribution is -2.37. The maximum Gasteiger partial charge on any atom is 0.0110 e. The average molecular weight is 182 g/mol. The minimum Gasteiger partial charge on any atom is -0.315 e. The average Bonchev–Trinajstić information content (AvgIpc) is 2.56. The van der Waals surface area contributed by atoms with Gasteiger partial charge in [0.05, 0.1) is 0 Å². The van der Waals surface area contributed by atoms with Gasteiger partial charge in [0.25, 0.3) is 0 Å². The molecule has 1 aliphatic heterocycles. The minimum absolute atomic E-state index is 0.836. The van der Waals surface area contributed by atoms with Crippen molar-refractivity contribution in [2.75, 3.05) is 26.2 Å². The molecule has 1 unspecified atom stereocenters. The Bertz CT molecular complexity index is 152. The van der Waals surface area contributed by atoms with Gasteiger partial charge in [0.2, 0.25) is 0 Å². The summed E-state index contributed by atoms with van der Waals surface area (Å²) in [7, 11) is 0. The minimum atomic E-state index is 0.836. The van der Waals surface area contributed by atoms with E-state index in [9.17, 15) is 0 Å². The molecule has 2 fully saturated rings. The van der Waals surface area contributed by atoms with Gasteiger partial charge < -0.3 is 5.32 Å². The highest BCUT2D eigenvalue weighted by molar-refractivity contribution is 4.81. The molecule has 0 amide bonds. The lowest BCUT2D eigenvalue weighted by Gasteiger charge is -2.28. The van der Waals surface area contributed by atoms with Crippen LogP contribution in [0.5, 0.6) is 0 Å². The molecule has 0 aromatic rings. The lowest BCUT2D eigenvalue weighted by atomic mass is 10.1. The molecule has 0 aromatic heterocycles. The van der Waals surface area contributed by atoms with E-state index < -0.39 is 0 Å². The molecule has 13 heavy (non-hydrogen) atoms. The third-order valence-electron chi connectivity index (χ3n) is 3.46. The summed E-state index contributed by atoms with van der Waals surface area (Å²) < 4.78 is 0. The lowest BCUT2D eigenvalue weighted by molar-refractivity contribution is 0.192. The molecule has 2 heteroatoms. The molecule has 2 rings (SSSR count). The topological polar surface area (TPSA) is 15.3 Å². The first-order chi connectivity index (χ1) is 6.36. The fraction of sp³-hybridized carbons (Fsp3) is 1.00. The smallest absolute Gasteiger partial charge is 0.0110 e. The van der Waals surface area contributed by atoms with Crippen molar-refractivity contribution >= 4 is 0 Å². The zero-order valence-electron chi connectivity index (χ0n) is 8.76. The Kier molecular flexibility index (Phi) is 3.23. The molecule has 1 heterocycles. The fourth-order valence-electron chi connectivity index (χ4n) is 2.73. The molecule has 1 N–H and O–H groups in total. The van der Waals surface area contributed by atoms with E-state index >= 15 is 0 Å². The van der Waals surface area contributed by atoms with Crippen LogP contribution in [0.25, 0.3) is 0 Å². The van der Waals surface area contributed by atoms with Crippen molar-refractivity contribution < 1.29 is 0 Å². The van der Waals surface area contributed by atoms with Crippen molar-refractivity contribution in [2.45, 2.75) is 38.6 Å². The maximum absolute atomic E-state index is 3.51. The van der Waals surface area contributed by atoms with Crippen LogP contribution in [-0.4, -0.2) is 37.1 Å². The molecule has 2 aliphatic rings. The van der Waals surface area contributed by atoms with Crippen LogP contribution >= 0.6 is 0 Å². The van der Waals surface area contributed by atoms with Crippen LogP contribution in [0.4, 0.5) is 0 Å². The number of hydrogen-bond acceptors (Lipinski definition) is 2. The van der Waals surface area contributed by atoms with Gasteiger partial charge in [-0.05, 0) is 25.3 Å². The Morgan fingerprint density at radius 3 is 2.77 bits per heavy atom. The van der Waals surface area contributed by atoms with Gasteiger partial charge in [-0.25, -0.2) is 0 Å². The maximum atomic E-state index is 3.51. The van der Waals surface area contributed by atoms with Crippen molar-refractivity contribution in [1.82, 2.24) is 10.2 Å². The summed E-state index contributed by atoms with van der Waals surface area (Å²) in [5, 5.41) is 3.51. The number of nitrogens with one attached hydrogen (secondary N) is 1. The zero-order chi connectivity index (χ0) is 9.10. The normalized spacial score (nSPS) is 33.5. The zero-order valence-corrected chi connectivity index (χ0v) is 8.76. The second kappa shape index (κ2) is 4.43. The summed E-state index contributed by atoms with van der Waals surface area (Å²) in [5.41, 5.74) is 0. The monoisotopic (exact) mass is 182 g/mol. The molecule has 1 atom stereocenters. The summed E-state index contributed by atoms with van der Waals surface area (Å²) in [5.74, 6) is 0.836. The Labute approximate surface area is 81.7 Å². The third kappa shape index (κ3) is 2.44. The molecule has 1 saturated carbocycles. The van der Waals surface area contributed by atoms with Crippen LogP contribution in [0.15, 0.2) is 0 Å². The summed E-state index contributed by atoms with van der Waals surface area (Å²) in [6, 6.07) is 0.919. The SMILES string of the molecule is CC1CNCCN(C2CCCC2)C1. The van der Waals surface area contributed by atoms with E-state index in [0.29, 0.717) is 0 Å². The molecular formula is C11H22N2. The fourth-order valence-corrected chi connectivity index (χ4v) is 2.73. The third-order valence-corrected chi connectivity index (χ3v) is 3.46. The van der Waals surface area contributed by atoms with Crippen molar-refractivity contribution in [2.24, 2.45) is 5.92 Å². The van der Waals surface area contributed by atoms with E-state index in [-0.39, 0.29) is 0 Å². The Morgan fingerprint density at radius 1 is 1.23 bits per heavy atom. The van der Waals surface area contributed by atoms with Crippen LogP contribution < -0.4 is 5.32 Å². The number of nitrogens with zero attached hydrogens (tertiary/aromatic N) is 1. The van der Waals surface area contributed by atoms with Gasteiger partial charge in [-0.3, -0.25) is 4.90 Å². The van der Waals surface area contributed by atoms with Crippen molar-refractivity contribution in [1.29, 1.82) is 0 Å². The summed E-state index contributed by atoms with van der Waals surface area (Å²) >= 11 is 0. The highest BCUT2D eigenvalue weighted by Gasteiger charge is 2.24. The second-order valence-electron chi connectivity index (χ2n) is 4.74. The number of rotatable bonds is 1. The first-order valence-electron chi connectivity index (χ1n) is 5.81. The highest BCUT2D eigenvalue weighted by Crippen LogP contribution is 2.24. The van der Waals surface area contributed by atoms with Gasteiger partial charge in [-0.1, -0.05) is 19.8 Å². The van der Waals surface area contributed by atoms with Gasteiger partial charge in [-0.15, -0.1) is 0 Å². The quantitative estimate of drug-likeness (QED) is 0.660. The molecule has 76 valence electrons. The molecule has 0 aromatic carbocycles. The highest BCUT2D eigenvalue weighted by atomic mass is 15.2. The van der Waals surface area contributed by atoms with E-state index in [1.807, 2.05) is 0 Å². The van der Waals surface area contributed by atoms with Crippen LogP contribution in [-0.2, 0) is 0 Å². The van der Waals surface area contributed by atoms with E-state index in [1.165, 1.54) is 51.9 Å². The predicted octanol–water partition coefficient (Wildman–Crippen LogP) is 1.47. The van der Waals surface area contributed by atoms with Crippen molar-refractivity contribution in [3.63, 3.8) is 0 Å². The van der Waals surface area contributed by atoms with E-state index in [4.69, 9.17) is 0 Å². The van der Waals surface area contributed by atoms with Crippen LogP contribution in [0.2, 0.25) is 0 Å². The van der Waals surface area contributed by atoms with E-state index in [0.717, 1.165) is 12.0 Å². The molecular weight excluding hydrogens is 160 g/mol. The standard InChI is InChI=1S/C11H22N2/c1-10-8-12-6-7-13(9-10)11-4-2-3-5-11/h10-12H,2-9H2,1H3. The van der Waals surface area contributed by atoms with Crippen LogP contribution in [0.1, 0.15) is 32.6 Å². The Balaban J connectivity index is 1.88. The Morgan fingerprint density at radius 2 is 2.00 bits per heavy atom. The van der Waals surface area contributed by atoms with E-state index in [2.05, 4.69) is 17.1 Å². The van der Waals surface area contributed by atoms with Crippen molar-refractivity contribution in [3.8, 4) is 0 Å². The van der Waals surface area contributed by atoms with Gasteiger partial charge in [0.1, 0.15) is 0 Å². The van der Waals surface area contributed by atoms with E-state index in [1.54, 1.807) is 0 Å². The molecule has 0 spiro atoms. The summed E-state index contributed by atoms with van der Waals surface area (Å²) in [4.78, 5) is 2.72. The van der Waals surface area contributed by atoms with Gasteiger partial charge >= 0.3 is 0 Å². The van der Waals surface area contributed by atoms with Crippen LogP contribution in [0.3, 0.4) is 0 Å². The molecule has 2 nitrogen and oxygen atoms in total. The van der Waals surface area contributed by atoms with Crippen LogP contribution in [0, 0.1) is 5.92 Å². The molecule has 1 saturated heterocycles. The van der Waals surface area contributed by atoms with Crippen molar-refractivity contribution in [3.05, 3.63) is 0 Å². The molecule has 1 aliphatic carbocycles. The predicted molar refractivity (Wildman–Crippen MR) is 55.9 cm³/mol. The van der Waals surface area contributed by atoms with Gasteiger partial charge in [0.15, 0.2) is 0 Å². The van der Waals surface area contributed by atoms with Gasteiger partial charge in [0, 0.05) is 25.7 Å². The second-order valence-corrected chi connectivity index (χ2v) is 4.74. The Hall–Kier alpha value is -0.0800. The largest absolute Gasteiger partial charge is 0.315 e. The first kappa shape index (κ1) is 9.47. The first-order valence-corrected chi connectivity index (χ1v) is 5.81. The molecule has 0 bridgehead atoms. The summed E-state index contributed by atoms with van der Waals surface area (Å²) in [6.07, 6.45) is 5.82. The molecule has 0 radical (unpaired) electrons. The number of hydrogen-bond donors (Lipinski definition) is 1. The summed E-state index contributed by atoms with van der Waals surface area (Å²) in [6.45, 7) is 7.36.